The summed E-state index contributed by atoms with van der Waals surface area (Å²) in [6.45, 7) is 13.2. The second-order valence-corrected chi connectivity index (χ2v) is 12.0. The van der Waals surface area contributed by atoms with Crippen molar-refractivity contribution < 1.29 is 34.1 Å². The number of carboxylic acid groups (broad SMARTS) is 1. The average molecular weight is 635 g/mol. The van der Waals surface area contributed by atoms with Crippen LogP contribution < -0.4 is 10.5 Å². The zero-order valence-corrected chi connectivity index (χ0v) is 26.5. The summed E-state index contributed by atoms with van der Waals surface area (Å²) in [6, 6.07) is 5.12. The number of halogens is 1. The predicted molar refractivity (Wildman–Crippen MR) is 161 cm³/mol. The normalized spacial score (nSPS) is 15.7. The number of methoxy groups -OCH3 is 1. The maximum atomic E-state index is 13.8. The smallest absolute Gasteiger partial charge is 0.339 e. The summed E-state index contributed by atoms with van der Waals surface area (Å²) in [4.78, 5) is 39.6. The first-order chi connectivity index (χ1) is 18.4. The Morgan fingerprint density at radius 1 is 1.05 bits per heavy atom. The van der Waals surface area contributed by atoms with Gasteiger partial charge in [0.15, 0.2) is 11.9 Å². The first-order valence-corrected chi connectivity index (χ1v) is 13.1. The third-order valence-electron chi connectivity index (χ3n) is 7.06. The van der Waals surface area contributed by atoms with Crippen LogP contribution in [0.3, 0.4) is 0 Å². The molecule has 0 aliphatic carbocycles. The van der Waals surface area contributed by atoms with Crippen LogP contribution in [0, 0.1) is 5.41 Å². The molecule has 3 rings (SSSR count). The minimum absolute atomic E-state index is 0. The molecule has 1 heterocycles. The quantitative estimate of drug-likeness (QED) is 0.288. The Labute approximate surface area is 251 Å². The zero-order chi connectivity index (χ0) is 30.3. The van der Waals surface area contributed by atoms with E-state index in [-0.39, 0.29) is 64.4 Å². The zero-order valence-electron chi connectivity index (χ0n) is 24.7. The van der Waals surface area contributed by atoms with E-state index in [0.717, 1.165) is 0 Å². The monoisotopic (exact) mass is 633 g/mol. The van der Waals surface area contributed by atoms with Crippen molar-refractivity contribution in [1.82, 2.24) is 4.90 Å². The second kappa shape index (κ2) is 12.2. The SMILES string of the molecule is Br.CCOc1cc2c(cc1C(=O)O)C(=N)N(CC(=O)c1cc(C(C)(C)C)c(O)c(C(C)(C)C)c1)C2C(OC)C(N)=O. The number of ether oxygens (including phenoxy) is 2. The number of amidine groups is 1. The van der Waals surface area contributed by atoms with Crippen molar-refractivity contribution in [2.45, 2.75) is 71.4 Å². The van der Waals surface area contributed by atoms with Gasteiger partial charge in [-0.15, -0.1) is 17.0 Å². The van der Waals surface area contributed by atoms with E-state index >= 15 is 0 Å². The summed E-state index contributed by atoms with van der Waals surface area (Å²) in [5.41, 5.74) is 6.78. The number of aromatic carboxylic acids is 1. The number of Topliss-reactive ketones (excluding diaryl/α,β-unsaturated/α-hetero) is 1. The number of carboxylic acids is 1. The number of nitrogens with zero attached hydrogens (tertiary/aromatic N) is 1. The molecule has 0 bridgehead atoms. The van der Waals surface area contributed by atoms with Crippen LogP contribution in [0.4, 0.5) is 0 Å². The number of ketones is 1. The molecule has 0 aromatic heterocycles. The van der Waals surface area contributed by atoms with E-state index in [2.05, 4.69) is 0 Å². The number of carbonyl (C=O) groups excluding carboxylic acids is 2. The Kier molecular flexibility index (Phi) is 10.0. The Balaban J connectivity index is 0.00000588. The maximum Gasteiger partial charge on any atom is 0.339 e. The van der Waals surface area contributed by atoms with Crippen molar-refractivity contribution in [3.05, 3.63) is 57.6 Å². The summed E-state index contributed by atoms with van der Waals surface area (Å²) >= 11 is 0. The minimum atomic E-state index is -1.24. The molecule has 5 N–H and O–H groups in total. The molecule has 1 amide bonds. The van der Waals surface area contributed by atoms with Crippen LogP contribution in [0.15, 0.2) is 24.3 Å². The van der Waals surface area contributed by atoms with Gasteiger partial charge in [0.2, 0.25) is 5.91 Å². The summed E-state index contributed by atoms with van der Waals surface area (Å²) in [5, 5.41) is 29.7. The fourth-order valence-electron chi connectivity index (χ4n) is 5.04. The third kappa shape index (κ3) is 6.56. The van der Waals surface area contributed by atoms with Crippen molar-refractivity contribution in [3.8, 4) is 11.5 Å². The lowest BCUT2D eigenvalue weighted by Gasteiger charge is -2.31. The standard InChI is InChI=1S/C30H39N3O7.BrH/c1-9-40-22-13-16-17(12-18(22)28(37)38)26(31)33(23(16)25(39-8)27(32)36)14-21(34)15-10-19(29(2,3)4)24(35)20(11-15)30(5,6)7;/h10-13,23,25,31,35H,9,14H2,1-8H3,(H2,32,36)(H,37,38);1H. The third-order valence-corrected chi connectivity index (χ3v) is 7.06. The number of aromatic hydroxyl groups is 1. The molecule has 224 valence electrons. The number of hydrogen-bond acceptors (Lipinski definition) is 7. The number of phenols is 1. The Hall–Kier alpha value is -3.44. The number of phenolic OH excluding ortho intramolecular Hbond substituents is 1. The molecule has 0 spiro atoms. The highest BCUT2D eigenvalue weighted by Gasteiger charge is 2.44. The summed E-state index contributed by atoms with van der Waals surface area (Å²) in [5.74, 6) is -2.34. The molecule has 0 radical (unpaired) electrons. The Morgan fingerprint density at radius 2 is 1.59 bits per heavy atom. The molecule has 41 heavy (non-hydrogen) atoms. The van der Waals surface area contributed by atoms with Crippen molar-refractivity contribution >= 4 is 40.5 Å². The van der Waals surface area contributed by atoms with E-state index in [9.17, 15) is 24.6 Å². The number of rotatable bonds is 9. The highest BCUT2D eigenvalue weighted by molar-refractivity contribution is 8.93. The van der Waals surface area contributed by atoms with Gasteiger partial charge in [-0.05, 0) is 47.6 Å². The number of nitrogens with one attached hydrogen (secondary N) is 1. The lowest BCUT2D eigenvalue weighted by atomic mass is 9.78. The van der Waals surface area contributed by atoms with Gasteiger partial charge in [0.05, 0.1) is 19.2 Å². The molecule has 10 nitrogen and oxygen atoms in total. The second-order valence-electron chi connectivity index (χ2n) is 12.0. The van der Waals surface area contributed by atoms with Gasteiger partial charge in [-0.3, -0.25) is 15.0 Å². The van der Waals surface area contributed by atoms with Crippen LogP contribution in [-0.4, -0.2) is 65.0 Å². The highest BCUT2D eigenvalue weighted by Crippen LogP contribution is 2.42. The van der Waals surface area contributed by atoms with E-state index in [1.54, 1.807) is 19.1 Å². The predicted octanol–water partition coefficient (Wildman–Crippen LogP) is 4.73. The van der Waals surface area contributed by atoms with E-state index in [1.165, 1.54) is 24.1 Å². The summed E-state index contributed by atoms with van der Waals surface area (Å²) in [7, 11) is 1.30. The number of hydrogen-bond donors (Lipinski definition) is 4. The Morgan fingerprint density at radius 3 is 2.00 bits per heavy atom. The van der Waals surface area contributed by atoms with Gasteiger partial charge in [0, 0.05) is 29.4 Å². The van der Waals surface area contributed by atoms with Crippen molar-refractivity contribution in [2.75, 3.05) is 20.3 Å². The van der Waals surface area contributed by atoms with Gasteiger partial charge in [-0.25, -0.2) is 4.79 Å². The lowest BCUT2D eigenvalue weighted by molar-refractivity contribution is -0.130. The van der Waals surface area contributed by atoms with Gasteiger partial charge in [0.25, 0.3) is 0 Å². The number of benzene rings is 2. The maximum absolute atomic E-state index is 13.8. The van der Waals surface area contributed by atoms with Crippen molar-refractivity contribution in [1.29, 1.82) is 5.41 Å². The van der Waals surface area contributed by atoms with E-state index in [1.807, 2.05) is 41.5 Å². The molecular formula is C30H40BrN3O7. The molecule has 0 fully saturated rings. The molecule has 2 aromatic rings. The summed E-state index contributed by atoms with van der Waals surface area (Å²) in [6.07, 6.45) is -1.24. The minimum Gasteiger partial charge on any atom is -0.507 e. The molecule has 2 unspecified atom stereocenters. The van der Waals surface area contributed by atoms with Crippen LogP contribution in [0.5, 0.6) is 11.5 Å². The molecule has 2 atom stereocenters. The number of nitrogens with two attached hydrogens (primary N) is 1. The van der Waals surface area contributed by atoms with E-state index < -0.39 is 34.9 Å². The van der Waals surface area contributed by atoms with Crippen molar-refractivity contribution in [2.24, 2.45) is 5.73 Å². The number of fused-ring (bicyclic) bond motifs is 1. The van der Waals surface area contributed by atoms with Crippen molar-refractivity contribution in [3.63, 3.8) is 0 Å². The molecule has 1 aliphatic rings. The molecule has 1 aliphatic heterocycles. The average Bonchev–Trinajstić information content (AvgIpc) is 3.08. The van der Waals surface area contributed by atoms with Gasteiger partial charge < -0.3 is 30.3 Å². The largest absolute Gasteiger partial charge is 0.507 e. The number of primary amides is 1. The van der Waals surface area contributed by atoms with Crippen LogP contribution >= 0.6 is 17.0 Å². The van der Waals surface area contributed by atoms with Crippen LogP contribution in [0.1, 0.15) is 97.5 Å². The fraction of sp³-hybridized carbons (Fsp3) is 0.467. The molecule has 2 aromatic carbocycles. The van der Waals surface area contributed by atoms with Gasteiger partial charge in [-0.1, -0.05) is 41.5 Å². The van der Waals surface area contributed by atoms with Gasteiger partial charge >= 0.3 is 5.97 Å². The van der Waals surface area contributed by atoms with E-state index in [0.29, 0.717) is 22.3 Å². The molecule has 0 saturated carbocycles. The van der Waals surface area contributed by atoms with Crippen LogP contribution in [0.2, 0.25) is 0 Å². The number of carbonyl (C=O) groups is 3. The highest BCUT2D eigenvalue weighted by atomic mass is 79.9. The molecular weight excluding hydrogens is 594 g/mol. The number of amides is 1. The first kappa shape index (κ1) is 33.8. The lowest BCUT2D eigenvalue weighted by Crippen LogP contribution is -2.44. The first-order valence-electron chi connectivity index (χ1n) is 13.1. The molecule has 0 saturated heterocycles. The van der Waals surface area contributed by atoms with Gasteiger partial charge in [0.1, 0.15) is 22.9 Å². The topological polar surface area (TPSA) is 163 Å². The van der Waals surface area contributed by atoms with Crippen LogP contribution in [-0.2, 0) is 20.4 Å². The Bertz CT molecular complexity index is 1340. The van der Waals surface area contributed by atoms with Crippen LogP contribution in [0.25, 0.3) is 0 Å². The molecule has 11 heteroatoms. The summed E-state index contributed by atoms with van der Waals surface area (Å²) < 4.78 is 11.0. The van der Waals surface area contributed by atoms with Gasteiger partial charge in [-0.2, -0.15) is 0 Å². The van der Waals surface area contributed by atoms with E-state index in [4.69, 9.17) is 20.6 Å². The fourth-order valence-corrected chi connectivity index (χ4v) is 5.04.